The number of hydrogen-bond acceptors (Lipinski definition) is 2. The van der Waals surface area contributed by atoms with Gasteiger partial charge in [-0.25, -0.2) is 4.79 Å². The number of aromatic carboxylic acids is 1. The molecule has 1 aromatic rings. The highest BCUT2D eigenvalue weighted by molar-refractivity contribution is 5.94. The van der Waals surface area contributed by atoms with Crippen LogP contribution in [-0.2, 0) is 6.42 Å². The number of benzene rings is 1. The highest BCUT2D eigenvalue weighted by Crippen LogP contribution is 2.49. The van der Waals surface area contributed by atoms with Crippen molar-refractivity contribution >= 4 is 12.0 Å². The first-order chi connectivity index (χ1) is 10.9. The van der Waals surface area contributed by atoms with Crippen molar-refractivity contribution in [3.63, 3.8) is 0 Å². The number of carboxylic acids is 1. The van der Waals surface area contributed by atoms with E-state index >= 15 is 0 Å². The Kier molecular flexibility index (Phi) is 4.05. The van der Waals surface area contributed by atoms with E-state index in [0.717, 1.165) is 36.0 Å². The van der Waals surface area contributed by atoms with E-state index in [4.69, 9.17) is 0 Å². The Morgan fingerprint density at radius 3 is 2.74 bits per heavy atom. The summed E-state index contributed by atoms with van der Waals surface area (Å²) in [7, 11) is 0. The fourth-order valence-corrected chi connectivity index (χ4v) is 4.15. The van der Waals surface area contributed by atoms with Gasteiger partial charge in [-0.05, 0) is 50.2 Å². The molecule has 0 heterocycles. The maximum atomic E-state index is 11.7. The molecule has 0 aliphatic heterocycles. The topological polar surface area (TPSA) is 57.5 Å². The first-order valence-electron chi connectivity index (χ1n) is 8.41. The molecule has 1 aromatic carbocycles. The molecule has 3 nitrogen and oxygen atoms in total. The number of rotatable bonds is 3. The van der Waals surface area contributed by atoms with Crippen LogP contribution in [0.5, 0.6) is 5.75 Å². The van der Waals surface area contributed by atoms with Crippen LogP contribution in [0.4, 0.5) is 0 Å². The molecule has 0 saturated heterocycles. The number of phenols is 1. The Balaban J connectivity index is 2.27. The Hall–Kier alpha value is -2.03. The van der Waals surface area contributed by atoms with Gasteiger partial charge in [-0.1, -0.05) is 42.7 Å². The van der Waals surface area contributed by atoms with Gasteiger partial charge in [0.15, 0.2) is 0 Å². The van der Waals surface area contributed by atoms with Gasteiger partial charge in [0.25, 0.3) is 0 Å². The SMILES string of the molecule is CCCc1cc2c(c(O)c1C(=O)O)[C@@H]1C=C(C)CC[C@H]1C(C)=C2. The van der Waals surface area contributed by atoms with E-state index in [1.165, 1.54) is 11.1 Å². The van der Waals surface area contributed by atoms with Crippen molar-refractivity contribution in [2.45, 2.75) is 52.4 Å². The molecule has 0 radical (unpaired) electrons. The Morgan fingerprint density at radius 2 is 2.09 bits per heavy atom. The first-order valence-corrected chi connectivity index (χ1v) is 8.41. The molecule has 0 fully saturated rings. The molecule has 0 spiro atoms. The van der Waals surface area contributed by atoms with Crippen LogP contribution in [0.15, 0.2) is 23.3 Å². The number of aromatic hydroxyl groups is 1. The average molecular weight is 312 g/mol. The van der Waals surface area contributed by atoms with Crippen molar-refractivity contribution in [1.29, 1.82) is 0 Å². The number of carbonyl (C=O) groups is 1. The summed E-state index contributed by atoms with van der Waals surface area (Å²) in [6.07, 6.45) is 8.00. The van der Waals surface area contributed by atoms with Gasteiger partial charge in [0.1, 0.15) is 11.3 Å². The summed E-state index contributed by atoms with van der Waals surface area (Å²) in [5, 5.41) is 20.4. The van der Waals surface area contributed by atoms with Crippen LogP contribution in [0.25, 0.3) is 6.08 Å². The summed E-state index contributed by atoms with van der Waals surface area (Å²) >= 11 is 0. The second kappa shape index (κ2) is 5.88. The van der Waals surface area contributed by atoms with Crippen LogP contribution in [0.1, 0.15) is 73.0 Å². The van der Waals surface area contributed by atoms with E-state index in [-0.39, 0.29) is 17.2 Å². The smallest absolute Gasteiger partial charge is 0.339 e. The van der Waals surface area contributed by atoms with E-state index < -0.39 is 5.97 Å². The Morgan fingerprint density at radius 1 is 1.35 bits per heavy atom. The van der Waals surface area contributed by atoms with Crippen LogP contribution in [-0.4, -0.2) is 16.2 Å². The molecule has 0 aromatic heterocycles. The molecular weight excluding hydrogens is 288 g/mol. The van der Waals surface area contributed by atoms with Gasteiger partial charge in [0.05, 0.1) is 0 Å². The minimum atomic E-state index is -1.03. The van der Waals surface area contributed by atoms with Gasteiger partial charge < -0.3 is 10.2 Å². The van der Waals surface area contributed by atoms with Gasteiger partial charge in [0.2, 0.25) is 0 Å². The van der Waals surface area contributed by atoms with E-state index in [2.05, 4.69) is 26.0 Å². The lowest BCUT2D eigenvalue weighted by atomic mass is 9.68. The fraction of sp³-hybridized carbons (Fsp3) is 0.450. The maximum absolute atomic E-state index is 11.7. The lowest BCUT2D eigenvalue weighted by Gasteiger charge is -2.36. The quantitative estimate of drug-likeness (QED) is 0.780. The van der Waals surface area contributed by atoms with Gasteiger partial charge >= 0.3 is 5.97 Å². The van der Waals surface area contributed by atoms with Crippen LogP contribution in [0.2, 0.25) is 0 Å². The standard InChI is InChI=1S/C20H24O3/c1-4-5-13-10-14-9-12(3)15-7-6-11(2)8-16(15)17(14)19(21)18(13)20(22)23/h8-10,15-16,21H,4-7H2,1-3H3,(H,22,23)/t15-,16+/m0/s1. The molecule has 0 unspecified atom stereocenters. The maximum Gasteiger partial charge on any atom is 0.339 e. The van der Waals surface area contributed by atoms with E-state index in [9.17, 15) is 15.0 Å². The van der Waals surface area contributed by atoms with Crippen LogP contribution in [0.3, 0.4) is 0 Å². The fourth-order valence-electron chi connectivity index (χ4n) is 4.15. The summed E-state index contributed by atoms with van der Waals surface area (Å²) in [6, 6.07) is 1.97. The number of allylic oxidation sites excluding steroid dienone is 3. The van der Waals surface area contributed by atoms with Crippen molar-refractivity contribution in [1.82, 2.24) is 0 Å². The van der Waals surface area contributed by atoms with Crippen molar-refractivity contribution < 1.29 is 15.0 Å². The Labute approximate surface area is 137 Å². The van der Waals surface area contributed by atoms with Gasteiger partial charge in [-0.3, -0.25) is 0 Å². The first kappa shape index (κ1) is 15.9. The van der Waals surface area contributed by atoms with Crippen LogP contribution in [0, 0.1) is 5.92 Å². The third-order valence-electron chi connectivity index (χ3n) is 5.24. The van der Waals surface area contributed by atoms with Crippen molar-refractivity contribution in [3.05, 3.63) is 45.5 Å². The molecule has 3 rings (SSSR count). The summed E-state index contributed by atoms with van der Waals surface area (Å²) in [5.74, 6) is -0.593. The zero-order valence-electron chi connectivity index (χ0n) is 14.0. The van der Waals surface area contributed by atoms with E-state index in [1.807, 2.05) is 13.0 Å². The molecule has 23 heavy (non-hydrogen) atoms. The normalized spacial score (nSPS) is 22.7. The monoisotopic (exact) mass is 312 g/mol. The average Bonchev–Trinajstić information content (AvgIpc) is 2.46. The summed E-state index contributed by atoms with van der Waals surface area (Å²) < 4.78 is 0. The van der Waals surface area contributed by atoms with Gasteiger partial charge in [0, 0.05) is 11.5 Å². The predicted octanol–water partition coefficient (Wildman–Crippen LogP) is 4.90. The molecule has 2 N–H and O–H groups in total. The third-order valence-corrected chi connectivity index (χ3v) is 5.24. The molecule has 3 heteroatoms. The van der Waals surface area contributed by atoms with Crippen LogP contribution >= 0.6 is 0 Å². The molecule has 2 aliphatic carbocycles. The molecule has 0 amide bonds. The van der Waals surface area contributed by atoms with Crippen LogP contribution < -0.4 is 0 Å². The van der Waals surface area contributed by atoms with E-state index in [1.54, 1.807) is 0 Å². The Bertz CT molecular complexity index is 725. The second-order valence-electron chi connectivity index (χ2n) is 6.89. The van der Waals surface area contributed by atoms with Crippen molar-refractivity contribution in [2.75, 3.05) is 0 Å². The molecular formula is C20H24O3. The molecule has 122 valence electrons. The summed E-state index contributed by atoms with van der Waals surface area (Å²) in [5.41, 5.74) is 5.26. The number of hydrogen-bond donors (Lipinski definition) is 2. The predicted molar refractivity (Wildman–Crippen MR) is 91.9 cm³/mol. The number of fused-ring (bicyclic) bond motifs is 3. The lowest BCUT2D eigenvalue weighted by molar-refractivity contribution is 0.0692. The molecule has 0 saturated carbocycles. The second-order valence-corrected chi connectivity index (χ2v) is 6.89. The number of carboxylic acid groups (broad SMARTS) is 1. The largest absolute Gasteiger partial charge is 0.507 e. The minimum Gasteiger partial charge on any atom is -0.507 e. The summed E-state index contributed by atoms with van der Waals surface area (Å²) in [4.78, 5) is 11.7. The van der Waals surface area contributed by atoms with Gasteiger partial charge in [-0.2, -0.15) is 0 Å². The van der Waals surface area contributed by atoms with E-state index in [0.29, 0.717) is 12.3 Å². The highest BCUT2D eigenvalue weighted by atomic mass is 16.4. The molecule has 2 atom stereocenters. The molecule has 2 aliphatic rings. The lowest BCUT2D eigenvalue weighted by Crippen LogP contribution is -2.22. The third kappa shape index (κ3) is 2.58. The van der Waals surface area contributed by atoms with Crippen molar-refractivity contribution in [3.8, 4) is 5.75 Å². The zero-order valence-corrected chi connectivity index (χ0v) is 14.0. The van der Waals surface area contributed by atoms with Crippen molar-refractivity contribution in [2.24, 2.45) is 5.92 Å². The molecule has 0 bridgehead atoms. The van der Waals surface area contributed by atoms with Gasteiger partial charge in [-0.15, -0.1) is 0 Å². The number of aryl methyl sites for hydroxylation is 1. The minimum absolute atomic E-state index is 0.0249. The zero-order chi connectivity index (χ0) is 16.7. The summed E-state index contributed by atoms with van der Waals surface area (Å²) in [6.45, 7) is 6.29. The highest BCUT2D eigenvalue weighted by Gasteiger charge is 2.35.